The fourth-order valence-electron chi connectivity index (χ4n) is 2.77. The average Bonchev–Trinajstić information content (AvgIpc) is 3.09. The fraction of sp³-hybridized carbons (Fsp3) is 0.0455. The lowest BCUT2D eigenvalue weighted by atomic mass is 10.1. The van der Waals surface area contributed by atoms with Gasteiger partial charge < -0.3 is 4.57 Å². The molecule has 0 aliphatic rings. The maximum atomic E-state index is 4.72. The van der Waals surface area contributed by atoms with Crippen molar-refractivity contribution < 1.29 is 0 Å². The third kappa shape index (κ3) is 3.44. The molecule has 0 unspecified atom stereocenters. The molecule has 0 radical (unpaired) electrons. The van der Waals surface area contributed by atoms with Crippen LogP contribution in [0, 0.1) is 0 Å². The molecule has 0 aliphatic heterocycles. The SMILES string of the molecule is Cn1cc(-c2ccccc2)nc1C=Cc1cccc(-c2ccncc2)n1. The molecule has 26 heavy (non-hydrogen) atoms. The predicted molar refractivity (Wildman–Crippen MR) is 105 cm³/mol. The summed E-state index contributed by atoms with van der Waals surface area (Å²) in [6.45, 7) is 0. The molecule has 0 saturated carbocycles. The minimum absolute atomic E-state index is 0.889. The number of hydrogen-bond acceptors (Lipinski definition) is 3. The van der Waals surface area contributed by atoms with E-state index in [1.807, 2.05) is 78.5 Å². The first-order chi connectivity index (χ1) is 12.8. The molecular weight excluding hydrogens is 320 g/mol. The first-order valence-corrected chi connectivity index (χ1v) is 8.44. The van der Waals surface area contributed by atoms with Gasteiger partial charge in [-0.1, -0.05) is 36.4 Å². The highest BCUT2D eigenvalue weighted by Gasteiger charge is 2.05. The second kappa shape index (κ2) is 7.15. The highest BCUT2D eigenvalue weighted by molar-refractivity contribution is 5.69. The number of aromatic nitrogens is 4. The van der Waals surface area contributed by atoms with Gasteiger partial charge >= 0.3 is 0 Å². The van der Waals surface area contributed by atoms with E-state index >= 15 is 0 Å². The summed E-state index contributed by atoms with van der Waals surface area (Å²) in [6.07, 6.45) is 9.57. The van der Waals surface area contributed by atoms with Crippen LogP contribution in [0.1, 0.15) is 11.5 Å². The second-order valence-corrected chi connectivity index (χ2v) is 5.98. The molecule has 0 fully saturated rings. The molecule has 0 bridgehead atoms. The summed E-state index contributed by atoms with van der Waals surface area (Å²) in [5.74, 6) is 0.889. The molecule has 1 aromatic carbocycles. The van der Waals surface area contributed by atoms with Crippen LogP contribution in [0.4, 0.5) is 0 Å². The Bertz CT molecular complexity index is 1030. The van der Waals surface area contributed by atoms with E-state index in [1.54, 1.807) is 12.4 Å². The molecule has 126 valence electrons. The van der Waals surface area contributed by atoms with Gasteiger partial charge in [0, 0.05) is 36.8 Å². The van der Waals surface area contributed by atoms with E-state index in [1.165, 1.54) is 0 Å². The third-order valence-corrected chi connectivity index (χ3v) is 4.13. The van der Waals surface area contributed by atoms with Crippen molar-refractivity contribution in [1.29, 1.82) is 0 Å². The Balaban J connectivity index is 1.60. The molecule has 0 atom stereocenters. The van der Waals surface area contributed by atoms with Crippen LogP contribution in [0.2, 0.25) is 0 Å². The van der Waals surface area contributed by atoms with Crippen LogP contribution in [0.3, 0.4) is 0 Å². The Kier molecular flexibility index (Phi) is 4.39. The first kappa shape index (κ1) is 16.0. The Morgan fingerprint density at radius 3 is 2.31 bits per heavy atom. The molecule has 0 N–H and O–H groups in total. The lowest BCUT2D eigenvalue weighted by Gasteiger charge is -2.01. The van der Waals surface area contributed by atoms with Crippen LogP contribution in [-0.4, -0.2) is 19.5 Å². The van der Waals surface area contributed by atoms with Crippen molar-refractivity contribution in [2.45, 2.75) is 0 Å². The Morgan fingerprint density at radius 1 is 0.731 bits per heavy atom. The standard InChI is InChI=1S/C22H18N4/c1-26-16-21(17-6-3-2-4-7-17)25-22(26)11-10-19-8-5-9-20(24-19)18-12-14-23-15-13-18/h2-16H,1H3. The molecule has 4 rings (SSSR count). The zero-order valence-electron chi connectivity index (χ0n) is 14.4. The van der Waals surface area contributed by atoms with Crippen molar-refractivity contribution in [1.82, 2.24) is 19.5 Å². The van der Waals surface area contributed by atoms with Gasteiger partial charge in [0.1, 0.15) is 5.82 Å². The van der Waals surface area contributed by atoms with Gasteiger partial charge in [-0.2, -0.15) is 0 Å². The molecule has 4 aromatic rings. The zero-order chi connectivity index (χ0) is 17.8. The summed E-state index contributed by atoms with van der Waals surface area (Å²) in [5, 5.41) is 0. The maximum absolute atomic E-state index is 4.72. The van der Waals surface area contributed by atoms with Crippen molar-refractivity contribution in [3.63, 3.8) is 0 Å². The van der Waals surface area contributed by atoms with Crippen LogP contribution >= 0.6 is 0 Å². The van der Waals surface area contributed by atoms with Gasteiger partial charge in [-0.25, -0.2) is 9.97 Å². The monoisotopic (exact) mass is 338 g/mol. The Morgan fingerprint density at radius 2 is 1.50 bits per heavy atom. The lowest BCUT2D eigenvalue weighted by Crippen LogP contribution is -1.90. The van der Waals surface area contributed by atoms with Crippen LogP contribution in [0.5, 0.6) is 0 Å². The minimum Gasteiger partial charge on any atom is -0.334 e. The molecule has 0 spiro atoms. The predicted octanol–water partition coefficient (Wildman–Crippen LogP) is 4.71. The smallest absolute Gasteiger partial charge is 0.133 e. The molecule has 0 aliphatic carbocycles. The van der Waals surface area contributed by atoms with E-state index in [4.69, 9.17) is 9.97 Å². The highest BCUT2D eigenvalue weighted by Crippen LogP contribution is 2.19. The van der Waals surface area contributed by atoms with Crippen molar-refractivity contribution in [3.8, 4) is 22.5 Å². The van der Waals surface area contributed by atoms with E-state index in [0.717, 1.165) is 34.0 Å². The number of rotatable bonds is 4. The fourth-order valence-corrected chi connectivity index (χ4v) is 2.77. The van der Waals surface area contributed by atoms with Gasteiger partial charge in [-0.15, -0.1) is 0 Å². The molecule has 4 heteroatoms. The van der Waals surface area contributed by atoms with Crippen LogP contribution in [-0.2, 0) is 7.05 Å². The summed E-state index contributed by atoms with van der Waals surface area (Å²) in [6, 6.07) is 20.1. The van der Waals surface area contributed by atoms with Gasteiger partial charge in [0.15, 0.2) is 0 Å². The number of nitrogens with zero attached hydrogens (tertiary/aromatic N) is 4. The number of pyridine rings is 2. The Labute approximate surface area is 152 Å². The average molecular weight is 338 g/mol. The quantitative estimate of drug-likeness (QED) is 0.541. The van der Waals surface area contributed by atoms with Gasteiger partial charge in [-0.05, 0) is 36.4 Å². The maximum Gasteiger partial charge on any atom is 0.133 e. The summed E-state index contributed by atoms with van der Waals surface area (Å²) in [7, 11) is 2.00. The van der Waals surface area contributed by atoms with Crippen LogP contribution < -0.4 is 0 Å². The molecule has 0 saturated heterocycles. The number of imidazole rings is 1. The topological polar surface area (TPSA) is 43.6 Å². The zero-order valence-corrected chi connectivity index (χ0v) is 14.4. The molecule has 3 heterocycles. The molecule has 0 amide bonds. The van der Waals surface area contributed by atoms with E-state index < -0.39 is 0 Å². The normalized spacial score (nSPS) is 11.1. The summed E-state index contributed by atoms with van der Waals surface area (Å²) in [5.41, 5.74) is 4.95. The molecular formula is C22H18N4. The molecule has 4 nitrogen and oxygen atoms in total. The van der Waals surface area contributed by atoms with Crippen molar-refractivity contribution >= 4 is 12.2 Å². The highest BCUT2D eigenvalue weighted by atomic mass is 15.0. The van der Waals surface area contributed by atoms with E-state index in [9.17, 15) is 0 Å². The van der Waals surface area contributed by atoms with Gasteiger partial charge in [0.25, 0.3) is 0 Å². The lowest BCUT2D eigenvalue weighted by molar-refractivity contribution is 0.898. The second-order valence-electron chi connectivity index (χ2n) is 5.98. The minimum atomic E-state index is 0.889. The van der Waals surface area contributed by atoms with Gasteiger partial charge in [-0.3, -0.25) is 4.98 Å². The summed E-state index contributed by atoms with van der Waals surface area (Å²) >= 11 is 0. The number of aryl methyl sites for hydroxylation is 1. The molecule has 3 aromatic heterocycles. The van der Waals surface area contributed by atoms with Crippen LogP contribution in [0.25, 0.3) is 34.7 Å². The number of benzene rings is 1. The van der Waals surface area contributed by atoms with E-state index in [0.29, 0.717) is 0 Å². The van der Waals surface area contributed by atoms with E-state index in [-0.39, 0.29) is 0 Å². The Hall–Kier alpha value is -3.53. The van der Waals surface area contributed by atoms with Crippen molar-refractivity contribution in [2.75, 3.05) is 0 Å². The van der Waals surface area contributed by atoms with Gasteiger partial charge in [0.05, 0.1) is 17.1 Å². The van der Waals surface area contributed by atoms with E-state index in [2.05, 4.69) is 17.1 Å². The largest absolute Gasteiger partial charge is 0.334 e. The first-order valence-electron chi connectivity index (χ1n) is 8.44. The summed E-state index contributed by atoms with van der Waals surface area (Å²) < 4.78 is 2.02. The third-order valence-electron chi connectivity index (χ3n) is 4.13. The van der Waals surface area contributed by atoms with Crippen molar-refractivity contribution in [3.05, 3.63) is 90.8 Å². The summed E-state index contributed by atoms with van der Waals surface area (Å²) in [4.78, 5) is 13.5. The van der Waals surface area contributed by atoms with Crippen molar-refractivity contribution in [2.24, 2.45) is 7.05 Å². The van der Waals surface area contributed by atoms with Gasteiger partial charge in [0.2, 0.25) is 0 Å². The van der Waals surface area contributed by atoms with Crippen LogP contribution in [0.15, 0.2) is 79.3 Å². The number of hydrogen-bond donors (Lipinski definition) is 0.